The molecule has 0 bridgehead atoms. The zero-order valence-electron chi connectivity index (χ0n) is 22.2. The minimum absolute atomic E-state index is 0.0520. The number of fused-ring (bicyclic) bond motifs is 2. The second-order valence-corrected chi connectivity index (χ2v) is 10.3. The van der Waals surface area contributed by atoms with E-state index in [1.54, 1.807) is 11.1 Å². The largest absolute Gasteiger partial charge is 0.463 e. The molecule has 2 aliphatic rings. The van der Waals surface area contributed by atoms with Crippen LogP contribution >= 0.6 is 0 Å². The summed E-state index contributed by atoms with van der Waals surface area (Å²) in [5.74, 6) is 2.50. The van der Waals surface area contributed by atoms with Gasteiger partial charge in [-0.2, -0.15) is 15.1 Å². The van der Waals surface area contributed by atoms with Gasteiger partial charge in [0.2, 0.25) is 5.91 Å². The van der Waals surface area contributed by atoms with Crippen LogP contribution in [0.25, 0.3) is 21.8 Å². The molecule has 4 aromatic rings. The normalized spacial score (nSPS) is 17.7. The number of H-pyrrole nitrogens is 1. The summed E-state index contributed by atoms with van der Waals surface area (Å²) in [5.41, 5.74) is 3.85. The van der Waals surface area contributed by atoms with E-state index < -0.39 is 0 Å². The van der Waals surface area contributed by atoms with E-state index in [1.165, 1.54) is 11.6 Å². The predicted octanol–water partition coefficient (Wildman–Crippen LogP) is 5.18. The number of nitrogens with one attached hydrogen (secondary N) is 1. The molecule has 200 valence electrons. The van der Waals surface area contributed by atoms with Crippen LogP contribution < -0.4 is 14.4 Å². The van der Waals surface area contributed by atoms with Crippen LogP contribution in [0.1, 0.15) is 24.8 Å². The van der Waals surface area contributed by atoms with Crippen LogP contribution in [0.2, 0.25) is 0 Å². The van der Waals surface area contributed by atoms with Crippen molar-refractivity contribution in [3.63, 3.8) is 0 Å². The van der Waals surface area contributed by atoms with Crippen molar-refractivity contribution < 1.29 is 14.3 Å². The fourth-order valence-electron chi connectivity index (χ4n) is 5.45. The number of hydrogen-bond donors (Lipinski definition) is 1. The number of aryl methyl sites for hydroxylation is 1. The van der Waals surface area contributed by atoms with Crippen molar-refractivity contribution in [2.75, 3.05) is 37.7 Å². The number of para-hydroxylation sites is 1. The second kappa shape index (κ2) is 10.4. The average Bonchev–Trinajstić information content (AvgIpc) is 3.61. The van der Waals surface area contributed by atoms with Gasteiger partial charge in [0, 0.05) is 31.6 Å². The molecule has 9 heteroatoms. The third-order valence-corrected chi connectivity index (χ3v) is 7.63. The number of ether oxygens (including phenoxy) is 2. The number of aromatic nitrogens is 4. The number of piperazine rings is 1. The molecule has 1 aliphatic carbocycles. The van der Waals surface area contributed by atoms with E-state index >= 15 is 0 Å². The molecule has 1 aliphatic heterocycles. The number of hydrogen-bond acceptors (Lipinski definition) is 7. The highest BCUT2D eigenvalue weighted by molar-refractivity contribution is 5.95. The molecule has 2 aromatic heterocycles. The van der Waals surface area contributed by atoms with Gasteiger partial charge in [-0.1, -0.05) is 30.9 Å². The molecule has 1 saturated heterocycles. The smallest absolute Gasteiger partial charge is 0.319 e. The number of carbonyl (C=O) groups is 1. The van der Waals surface area contributed by atoms with Crippen molar-refractivity contribution in [2.45, 2.75) is 26.2 Å². The minimum atomic E-state index is -0.0520. The van der Waals surface area contributed by atoms with Gasteiger partial charge in [-0.3, -0.25) is 9.89 Å². The number of carbonyl (C=O) groups excluding carboxylic acids is 1. The van der Waals surface area contributed by atoms with Crippen LogP contribution in [0.15, 0.2) is 61.3 Å². The summed E-state index contributed by atoms with van der Waals surface area (Å²) in [5, 5.41) is 8.98. The number of anilines is 1. The Morgan fingerprint density at radius 3 is 2.77 bits per heavy atom. The van der Waals surface area contributed by atoms with Gasteiger partial charge in [-0.25, -0.2) is 0 Å². The van der Waals surface area contributed by atoms with Crippen molar-refractivity contribution in [1.82, 2.24) is 25.1 Å². The highest BCUT2D eigenvalue weighted by Crippen LogP contribution is 2.38. The molecule has 0 unspecified atom stereocenters. The molecular weight excluding hydrogens is 492 g/mol. The van der Waals surface area contributed by atoms with E-state index in [4.69, 9.17) is 19.4 Å². The molecule has 3 heterocycles. The number of benzene rings is 2. The lowest BCUT2D eigenvalue weighted by Crippen LogP contribution is -2.48. The van der Waals surface area contributed by atoms with Crippen molar-refractivity contribution in [1.29, 1.82) is 0 Å². The fourth-order valence-corrected chi connectivity index (χ4v) is 5.45. The van der Waals surface area contributed by atoms with Crippen LogP contribution in [0, 0.1) is 12.8 Å². The monoisotopic (exact) mass is 524 g/mol. The van der Waals surface area contributed by atoms with Crippen molar-refractivity contribution >= 4 is 33.5 Å². The van der Waals surface area contributed by atoms with Gasteiger partial charge >= 0.3 is 6.01 Å². The molecule has 6 rings (SSSR count). The van der Waals surface area contributed by atoms with E-state index in [2.05, 4.69) is 28.3 Å². The summed E-state index contributed by atoms with van der Waals surface area (Å²) in [6.07, 6.45) is 6.23. The van der Waals surface area contributed by atoms with E-state index in [-0.39, 0.29) is 5.91 Å². The molecule has 1 N–H and O–H groups in total. The van der Waals surface area contributed by atoms with Crippen molar-refractivity contribution in [3.05, 3.63) is 66.9 Å². The van der Waals surface area contributed by atoms with Gasteiger partial charge in [0.05, 0.1) is 23.7 Å². The Balaban J connectivity index is 1.38. The molecule has 1 saturated carbocycles. The van der Waals surface area contributed by atoms with Crippen LogP contribution in [0.4, 0.5) is 5.82 Å². The number of aromatic amines is 1. The maximum Gasteiger partial charge on any atom is 0.319 e. The van der Waals surface area contributed by atoms with Gasteiger partial charge < -0.3 is 19.3 Å². The Morgan fingerprint density at radius 1 is 1.15 bits per heavy atom. The van der Waals surface area contributed by atoms with E-state index in [0.29, 0.717) is 56.0 Å². The lowest BCUT2D eigenvalue weighted by Gasteiger charge is -2.35. The number of nitrogens with zero attached hydrogens (tertiary/aromatic N) is 5. The Morgan fingerprint density at radius 2 is 2.00 bits per heavy atom. The maximum atomic E-state index is 12.1. The third kappa shape index (κ3) is 4.92. The number of allylic oxidation sites excluding steroid dienone is 1. The average molecular weight is 525 g/mol. The molecule has 9 nitrogen and oxygen atoms in total. The van der Waals surface area contributed by atoms with Crippen LogP contribution in [-0.2, 0) is 4.79 Å². The zero-order chi connectivity index (χ0) is 26.9. The van der Waals surface area contributed by atoms with E-state index in [1.807, 2.05) is 37.3 Å². The number of rotatable bonds is 7. The van der Waals surface area contributed by atoms with Gasteiger partial charge in [-0.05, 0) is 61.9 Å². The molecule has 2 fully saturated rings. The standard InChI is InChI=1S/C30H32N6O3/c1-4-26(37)35-12-14-36(15-13-35)29-22-6-5-7-25(39-28-20(3)9-11-24-23(28)17-31-34-24)27(22)32-30(33-29)38-18-21-10-8-19(2)16-21/h4-7,9,11,17,21H,1-2,8,10,12-16,18H2,3H3,(H,31,34)/t21-/m0/s1. The molecule has 2 aromatic carbocycles. The van der Waals surface area contributed by atoms with Gasteiger partial charge in [0.15, 0.2) is 5.75 Å². The zero-order valence-corrected chi connectivity index (χ0v) is 22.2. The van der Waals surface area contributed by atoms with Crippen LogP contribution in [0.5, 0.6) is 17.5 Å². The summed E-state index contributed by atoms with van der Waals surface area (Å²) in [6, 6.07) is 10.2. The summed E-state index contributed by atoms with van der Waals surface area (Å²) in [6.45, 7) is 12.8. The lowest BCUT2D eigenvalue weighted by atomic mass is 10.1. The fraction of sp³-hybridized carbons (Fsp3) is 0.333. The third-order valence-electron chi connectivity index (χ3n) is 7.63. The Labute approximate surface area is 227 Å². The first-order valence-corrected chi connectivity index (χ1v) is 13.4. The predicted molar refractivity (Wildman–Crippen MR) is 151 cm³/mol. The number of amides is 1. The first kappa shape index (κ1) is 24.9. The maximum absolute atomic E-state index is 12.1. The van der Waals surface area contributed by atoms with E-state index in [0.717, 1.165) is 52.7 Å². The van der Waals surface area contributed by atoms with Gasteiger partial charge in [-0.15, -0.1) is 0 Å². The quantitative estimate of drug-likeness (QED) is 0.263. The first-order chi connectivity index (χ1) is 19.0. The van der Waals surface area contributed by atoms with Crippen LogP contribution in [0.3, 0.4) is 0 Å². The summed E-state index contributed by atoms with van der Waals surface area (Å²) in [7, 11) is 0. The summed E-state index contributed by atoms with van der Waals surface area (Å²) in [4.78, 5) is 25.9. The molecule has 39 heavy (non-hydrogen) atoms. The molecule has 1 atom stereocenters. The molecule has 1 amide bonds. The van der Waals surface area contributed by atoms with Crippen molar-refractivity contribution in [2.24, 2.45) is 5.92 Å². The van der Waals surface area contributed by atoms with Gasteiger partial charge in [0.25, 0.3) is 0 Å². The molecule has 0 spiro atoms. The Hall–Kier alpha value is -4.40. The van der Waals surface area contributed by atoms with Crippen LogP contribution in [-0.4, -0.2) is 63.8 Å². The summed E-state index contributed by atoms with van der Waals surface area (Å²) < 4.78 is 12.7. The lowest BCUT2D eigenvalue weighted by molar-refractivity contribution is -0.126. The van der Waals surface area contributed by atoms with Gasteiger partial charge in [0.1, 0.15) is 17.1 Å². The molecule has 0 radical (unpaired) electrons. The molecular formula is C30H32N6O3. The second-order valence-electron chi connectivity index (χ2n) is 10.3. The first-order valence-electron chi connectivity index (χ1n) is 13.4. The summed E-state index contributed by atoms with van der Waals surface area (Å²) >= 11 is 0. The van der Waals surface area contributed by atoms with E-state index in [9.17, 15) is 4.79 Å². The van der Waals surface area contributed by atoms with Crippen molar-refractivity contribution in [3.8, 4) is 17.5 Å². The highest BCUT2D eigenvalue weighted by atomic mass is 16.5. The topological polar surface area (TPSA) is 96.5 Å². The minimum Gasteiger partial charge on any atom is -0.463 e. The highest BCUT2D eigenvalue weighted by Gasteiger charge is 2.25. The Bertz CT molecular complexity index is 1570. The Kier molecular flexibility index (Phi) is 6.64. The SMILES string of the molecule is C=CC(=O)N1CCN(c2nc(OC[C@H]3CCC(=C)C3)nc3c(Oc4c(C)ccc5[nH]ncc45)cccc23)CC1.